The summed E-state index contributed by atoms with van der Waals surface area (Å²) in [4.78, 5) is 13.9. The van der Waals surface area contributed by atoms with Crippen molar-refractivity contribution in [2.24, 2.45) is 5.92 Å². The lowest BCUT2D eigenvalue weighted by Gasteiger charge is -2.25. The number of para-hydroxylation sites is 2. The zero-order valence-corrected chi connectivity index (χ0v) is 18.7. The van der Waals surface area contributed by atoms with Crippen molar-refractivity contribution in [2.75, 3.05) is 13.2 Å². The maximum atomic E-state index is 13.0. The van der Waals surface area contributed by atoms with Gasteiger partial charge in [-0.25, -0.2) is 0 Å². The molecule has 0 spiro atoms. The Balaban J connectivity index is 1.23. The van der Waals surface area contributed by atoms with Crippen LogP contribution in [0.3, 0.4) is 0 Å². The Hall–Kier alpha value is -3.65. The summed E-state index contributed by atoms with van der Waals surface area (Å²) in [6.45, 7) is 1.17. The van der Waals surface area contributed by atoms with E-state index in [0.29, 0.717) is 24.5 Å². The van der Waals surface area contributed by atoms with E-state index in [1.54, 1.807) is 16.4 Å². The van der Waals surface area contributed by atoms with Crippen LogP contribution in [0.1, 0.15) is 21.7 Å². The summed E-state index contributed by atoms with van der Waals surface area (Å²) in [5.41, 5.74) is 2.74. The van der Waals surface area contributed by atoms with E-state index < -0.39 is 0 Å². The average molecular weight is 458 g/mol. The second-order valence-electron chi connectivity index (χ2n) is 7.83. The number of carbonyl (C=O) groups is 1. The summed E-state index contributed by atoms with van der Waals surface area (Å²) in [7, 11) is 0. The summed E-state index contributed by atoms with van der Waals surface area (Å²) in [6, 6.07) is 25.5. The number of rotatable bonds is 7. The molecule has 166 valence electrons. The van der Waals surface area contributed by atoms with Crippen molar-refractivity contribution in [3.63, 3.8) is 0 Å². The molecule has 33 heavy (non-hydrogen) atoms. The molecule has 0 aliphatic carbocycles. The number of aromatic nitrogens is 4. The number of nitrogens with one attached hydrogen (secondary N) is 1. The highest BCUT2D eigenvalue weighted by atomic mass is 32.2. The summed E-state index contributed by atoms with van der Waals surface area (Å²) >= 11 is 1.55. The van der Waals surface area contributed by atoms with Crippen molar-refractivity contribution in [1.29, 1.82) is 0 Å². The van der Waals surface area contributed by atoms with E-state index in [-0.39, 0.29) is 11.8 Å². The average Bonchev–Trinajstić information content (AvgIpc) is 3.35. The minimum atomic E-state index is -0.0837. The first-order valence-corrected chi connectivity index (χ1v) is 11.8. The number of nitrogens with zero attached hydrogens (tertiary/aromatic N) is 4. The maximum Gasteiger partial charge on any atom is 0.252 e. The zero-order chi connectivity index (χ0) is 22.5. The van der Waals surface area contributed by atoms with Crippen LogP contribution >= 0.6 is 11.8 Å². The van der Waals surface area contributed by atoms with E-state index in [2.05, 4.69) is 26.9 Å². The molecule has 1 aliphatic rings. The van der Waals surface area contributed by atoms with E-state index in [0.717, 1.165) is 28.6 Å². The quantitative estimate of drug-likeness (QED) is 0.424. The molecule has 0 fully saturated rings. The molecule has 1 aromatic heterocycles. The van der Waals surface area contributed by atoms with E-state index in [4.69, 9.17) is 4.74 Å². The predicted molar refractivity (Wildman–Crippen MR) is 127 cm³/mol. The Morgan fingerprint density at radius 2 is 1.82 bits per heavy atom. The van der Waals surface area contributed by atoms with Crippen molar-refractivity contribution in [3.05, 3.63) is 95.8 Å². The number of tetrazole rings is 1. The fraction of sp³-hybridized carbons (Fsp3) is 0.200. The van der Waals surface area contributed by atoms with Gasteiger partial charge in [0.05, 0.1) is 23.6 Å². The lowest BCUT2D eigenvalue weighted by Crippen LogP contribution is -2.35. The third-order valence-corrected chi connectivity index (χ3v) is 6.60. The molecule has 1 atom stereocenters. The number of hydrogen-bond donors (Lipinski definition) is 1. The molecule has 8 heteroatoms. The largest absolute Gasteiger partial charge is 0.493 e. The number of carbonyl (C=O) groups excluding carboxylic acids is 1. The molecule has 1 aliphatic heterocycles. The van der Waals surface area contributed by atoms with Gasteiger partial charge in [-0.05, 0) is 52.7 Å². The first kappa shape index (κ1) is 21.2. The van der Waals surface area contributed by atoms with E-state index in [1.807, 2.05) is 72.8 Å². The summed E-state index contributed by atoms with van der Waals surface area (Å²) < 4.78 is 7.57. The van der Waals surface area contributed by atoms with Crippen LogP contribution in [0, 0.1) is 5.92 Å². The minimum absolute atomic E-state index is 0.0837. The zero-order valence-electron chi connectivity index (χ0n) is 17.9. The van der Waals surface area contributed by atoms with Crippen molar-refractivity contribution < 1.29 is 9.53 Å². The molecule has 2 heterocycles. The molecular weight excluding hydrogens is 434 g/mol. The first-order chi connectivity index (χ1) is 16.3. The molecule has 1 unspecified atom stereocenters. The Bertz CT molecular complexity index is 1240. The number of fused-ring (bicyclic) bond motifs is 1. The van der Waals surface area contributed by atoms with Crippen LogP contribution in [0.5, 0.6) is 5.75 Å². The van der Waals surface area contributed by atoms with Gasteiger partial charge in [-0.1, -0.05) is 48.5 Å². The number of amides is 1. The van der Waals surface area contributed by atoms with Crippen LogP contribution in [-0.4, -0.2) is 39.3 Å². The SMILES string of the molecule is O=C(NCC1COc2ccccc2C1)c1ccccc1SCc1nnnn1-c1ccccc1. The van der Waals surface area contributed by atoms with E-state index in [1.165, 1.54) is 5.56 Å². The second kappa shape index (κ2) is 9.87. The van der Waals surface area contributed by atoms with Crippen molar-refractivity contribution >= 4 is 17.7 Å². The highest BCUT2D eigenvalue weighted by Gasteiger charge is 2.21. The standard InChI is InChI=1S/C25H23N5O2S/c31-25(26-15-18-14-19-8-4-6-12-22(19)32-16-18)21-11-5-7-13-23(21)33-17-24-27-28-29-30(24)20-9-2-1-3-10-20/h1-13,18H,14-17H2,(H,26,31). The monoisotopic (exact) mass is 457 g/mol. The van der Waals surface area contributed by atoms with Gasteiger partial charge in [-0.3, -0.25) is 4.79 Å². The maximum absolute atomic E-state index is 13.0. The molecule has 0 saturated carbocycles. The predicted octanol–water partition coefficient (Wildman–Crippen LogP) is 3.94. The molecule has 5 rings (SSSR count). The molecule has 0 saturated heterocycles. The third-order valence-electron chi connectivity index (χ3n) is 5.53. The van der Waals surface area contributed by atoms with Gasteiger partial charge in [0, 0.05) is 17.4 Å². The minimum Gasteiger partial charge on any atom is -0.493 e. The third kappa shape index (κ3) is 4.90. The van der Waals surface area contributed by atoms with Crippen LogP contribution in [0.2, 0.25) is 0 Å². The molecule has 7 nitrogen and oxygen atoms in total. The van der Waals surface area contributed by atoms with Gasteiger partial charge in [0.1, 0.15) is 5.75 Å². The number of hydrogen-bond acceptors (Lipinski definition) is 6. The van der Waals surface area contributed by atoms with Crippen LogP contribution in [-0.2, 0) is 12.2 Å². The topological polar surface area (TPSA) is 81.9 Å². The Labute approximate surface area is 196 Å². The van der Waals surface area contributed by atoms with Gasteiger partial charge in [-0.2, -0.15) is 4.68 Å². The molecule has 1 amide bonds. The van der Waals surface area contributed by atoms with Gasteiger partial charge < -0.3 is 10.1 Å². The first-order valence-electron chi connectivity index (χ1n) is 10.8. The molecular formula is C25H23N5O2S. The Morgan fingerprint density at radius 3 is 2.73 bits per heavy atom. The lowest BCUT2D eigenvalue weighted by molar-refractivity contribution is 0.0936. The van der Waals surface area contributed by atoms with Gasteiger partial charge >= 0.3 is 0 Å². The van der Waals surface area contributed by atoms with Crippen molar-refractivity contribution in [3.8, 4) is 11.4 Å². The number of benzene rings is 3. The fourth-order valence-electron chi connectivity index (χ4n) is 3.84. The summed E-state index contributed by atoms with van der Waals surface area (Å²) in [6.07, 6.45) is 0.898. The normalized spacial score (nSPS) is 14.8. The molecule has 1 N–H and O–H groups in total. The van der Waals surface area contributed by atoms with Crippen LogP contribution in [0.4, 0.5) is 0 Å². The highest BCUT2D eigenvalue weighted by molar-refractivity contribution is 7.98. The Morgan fingerprint density at radius 1 is 1.03 bits per heavy atom. The Kier molecular flexibility index (Phi) is 6.34. The lowest BCUT2D eigenvalue weighted by atomic mass is 9.96. The smallest absolute Gasteiger partial charge is 0.252 e. The van der Waals surface area contributed by atoms with Crippen LogP contribution < -0.4 is 10.1 Å². The van der Waals surface area contributed by atoms with E-state index >= 15 is 0 Å². The molecule has 0 bridgehead atoms. The second-order valence-corrected chi connectivity index (χ2v) is 8.84. The van der Waals surface area contributed by atoms with E-state index in [9.17, 15) is 4.79 Å². The molecule has 4 aromatic rings. The number of ether oxygens (including phenoxy) is 1. The molecule has 3 aromatic carbocycles. The fourth-order valence-corrected chi connectivity index (χ4v) is 4.80. The van der Waals surface area contributed by atoms with Crippen molar-refractivity contribution in [1.82, 2.24) is 25.5 Å². The van der Waals surface area contributed by atoms with Crippen molar-refractivity contribution in [2.45, 2.75) is 17.1 Å². The van der Waals surface area contributed by atoms with Gasteiger partial charge in [0.25, 0.3) is 5.91 Å². The van der Waals surface area contributed by atoms with Gasteiger partial charge in [-0.15, -0.1) is 16.9 Å². The van der Waals surface area contributed by atoms with Crippen LogP contribution in [0.15, 0.2) is 83.8 Å². The number of thioether (sulfide) groups is 1. The van der Waals surface area contributed by atoms with Crippen LogP contribution in [0.25, 0.3) is 5.69 Å². The van der Waals surface area contributed by atoms with Gasteiger partial charge in [0.2, 0.25) is 0 Å². The summed E-state index contributed by atoms with van der Waals surface area (Å²) in [5.74, 6) is 2.37. The van der Waals surface area contributed by atoms with Gasteiger partial charge in [0.15, 0.2) is 5.82 Å². The molecule has 0 radical (unpaired) electrons. The summed E-state index contributed by atoms with van der Waals surface area (Å²) in [5, 5.41) is 15.2. The highest BCUT2D eigenvalue weighted by Crippen LogP contribution is 2.28.